The van der Waals surface area contributed by atoms with Gasteiger partial charge in [0.05, 0.1) is 17.9 Å². The molecule has 0 spiro atoms. The van der Waals surface area contributed by atoms with E-state index in [1.54, 1.807) is 27.7 Å². The van der Waals surface area contributed by atoms with Crippen molar-refractivity contribution in [3.63, 3.8) is 0 Å². The molecule has 7 nitrogen and oxygen atoms in total. The smallest absolute Gasteiger partial charge is 0.284 e. The number of carbonyl (C=O) groups is 1. The van der Waals surface area contributed by atoms with Crippen molar-refractivity contribution in [2.45, 2.75) is 6.54 Å². The number of benzene rings is 1. The zero-order chi connectivity index (χ0) is 17.4. The molecule has 0 atom stereocenters. The minimum Gasteiger partial charge on any atom is -0.363 e. The van der Waals surface area contributed by atoms with Crippen LogP contribution in [-0.4, -0.2) is 30.1 Å². The van der Waals surface area contributed by atoms with Crippen LogP contribution >= 0.6 is 11.6 Å². The highest BCUT2D eigenvalue weighted by Crippen LogP contribution is 2.26. The fourth-order valence-electron chi connectivity index (χ4n) is 2.74. The summed E-state index contributed by atoms with van der Waals surface area (Å²) in [5.74, 6) is -0.396. The van der Waals surface area contributed by atoms with Crippen molar-refractivity contribution in [2.24, 2.45) is 5.73 Å². The van der Waals surface area contributed by atoms with Crippen LogP contribution in [0.1, 0.15) is 16.3 Å². The van der Waals surface area contributed by atoms with Gasteiger partial charge in [0.15, 0.2) is 11.5 Å². The first-order valence-corrected chi connectivity index (χ1v) is 7.91. The lowest BCUT2D eigenvalue weighted by molar-refractivity contribution is 0.0987. The van der Waals surface area contributed by atoms with Gasteiger partial charge >= 0.3 is 0 Å². The number of aromatic nitrogens is 5. The third kappa shape index (κ3) is 2.74. The van der Waals surface area contributed by atoms with E-state index in [9.17, 15) is 4.79 Å². The number of rotatable bonds is 4. The van der Waals surface area contributed by atoms with Crippen molar-refractivity contribution in [1.29, 1.82) is 0 Å². The fraction of sp³-hybridized carbons (Fsp3) is 0.0588. The number of amides is 1. The molecule has 4 aromatic rings. The highest BCUT2D eigenvalue weighted by molar-refractivity contribution is 6.30. The molecule has 0 aliphatic heterocycles. The molecule has 25 heavy (non-hydrogen) atoms. The van der Waals surface area contributed by atoms with Gasteiger partial charge in [0, 0.05) is 29.2 Å². The zero-order valence-electron chi connectivity index (χ0n) is 13.0. The van der Waals surface area contributed by atoms with Crippen LogP contribution < -0.4 is 5.73 Å². The number of hydrogen-bond donors (Lipinski definition) is 1. The Kier molecular flexibility index (Phi) is 3.70. The van der Waals surface area contributed by atoms with E-state index in [1.807, 2.05) is 36.4 Å². The molecule has 0 unspecified atom stereocenters. The molecule has 1 aromatic carbocycles. The molecule has 0 aliphatic carbocycles. The second-order valence-corrected chi connectivity index (χ2v) is 5.89. The van der Waals surface area contributed by atoms with Crippen molar-refractivity contribution >= 4 is 23.2 Å². The van der Waals surface area contributed by atoms with Crippen LogP contribution in [0.4, 0.5) is 0 Å². The third-order valence-corrected chi connectivity index (χ3v) is 4.11. The van der Waals surface area contributed by atoms with Gasteiger partial charge in [0.25, 0.3) is 5.91 Å². The van der Waals surface area contributed by atoms with E-state index in [2.05, 4.69) is 15.1 Å². The van der Waals surface area contributed by atoms with E-state index in [0.717, 1.165) is 17.0 Å². The Morgan fingerprint density at radius 1 is 1.16 bits per heavy atom. The average Bonchev–Trinajstić information content (AvgIpc) is 3.21. The Balaban J connectivity index is 1.89. The Bertz CT molecular complexity index is 1070. The number of nitrogens with zero attached hydrogens (tertiary/aromatic N) is 5. The third-order valence-electron chi connectivity index (χ3n) is 3.86. The lowest BCUT2D eigenvalue weighted by atomic mass is 10.1. The van der Waals surface area contributed by atoms with E-state index >= 15 is 0 Å². The molecular weight excluding hydrogens is 340 g/mol. The number of hydrogen-bond acceptors (Lipinski definition) is 4. The van der Waals surface area contributed by atoms with Crippen LogP contribution in [0.3, 0.4) is 0 Å². The minimum absolute atomic E-state index is 0.188. The topological polar surface area (TPSA) is 91.1 Å². The SMILES string of the molecule is NC(=O)c1nccn1Cc1c(-c2ccc(Cl)cc2)nc2cccnn12. The molecule has 8 heteroatoms. The quantitative estimate of drug-likeness (QED) is 0.610. The van der Waals surface area contributed by atoms with Gasteiger partial charge in [-0.2, -0.15) is 5.10 Å². The largest absolute Gasteiger partial charge is 0.363 e. The molecule has 0 saturated carbocycles. The number of fused-ring (bicyclic) bond motifs is 1. The molecule has 0 fully saturated rings. The number of carbonyl (C=O) groups excluding carboxylic acids is 1. The van der Waals surface area contributed by atoms with Gasteiger partial charge in [-0.1, -0.05) is 23.7 Å². The van der Waals surface area contributed by atoms with E-state index in [0.29, 0.717) is 17.2 Å². The van der Waals surface area contributed by atoms with Gasteiger partial charge in [-0.05, 0) is 24.3 Å². The molecule has 0 radical (unpaired) electrons. The van der Waals surface area contributed by atoms with E-state index in [-0.39, 0.29) is 5.82 Å². The summed E-state index contributed by atoms with van der Waals surface area (Å²) < 4.78 is 3.43. The number of imidazole rings is 2. The summed E-state index contributed by atoms with van der Waals surface area (Å²) in [6.07, 6.45) is 4.93. The van der Waals surface area contributed by atoms with E-state index < -0.39 is 5.91 Å². The number of nitrogens with two attached hydrogens (primary N) is 1. The summed E-state index contributed by atoms with van der Waals surface area (Å²) in [6, 6.07) is 11.1. The molecular formula is C17H13ClN6O. The summed E-state index contributed by atoms with van der Waals surface area (Å²) in [5, 5.41) is 5.03. The molecule has 124 valence electrons. The fourth-order valence-corrected chi connectivity index (χ4v) is 2.87. The predicted molar refractivity (Wildman–Crippen MR) is 93.3 cm³/mol. The van der Waals surface area contributed by atoms with Crippen LogP contribution in [0.15, 0.2) is 55.0 Å². The van der Waals surface area contributed by atoms with Crippen molar-refractivity contribution in [2.75, 3.05) is 0 Å². The standard InChI is InChI=1S/C17H13ClN6O/c18-12-5-3-11(4-6-12)15-13(24-14(22-15)2-1-7-21-24)10-23-9-8-20-17(23)16(19)25/h1-9H,10H2,(H2,19,25). The molecule has 3 heterocycles. The first-order valence-electron chi connectivity index (χ1n) is 7.53. The lowest BCUT2D eigenvalue weighted by Crippen LogP contribution is -2.19. The Morgan fingerprint density at radius 2 is 1.96 bits per heavy atom. The second-order valence-electron chi connectivity index (χ2n) is 5.45. The van der Waals surface area contributed by atoms with Crippen molar-refractivity contribution < 1.29 is 4.79 Å². The van der Waals surface area contributed by atoms with Gasteiger partial charge in [-0.15, -0.1) is 0 Å². The maximum atomic E-state index is 11.6. The van der Waals surface area contributed by atoms with Crippen molar-refractivity contribution in [3.8, 4) is 11.3 Å². The average molecular weight is 353 g/mol. The molecule has 1 amide bonds. The first-order chi connectivity index (χ1) is 12.1. The number of halogens is 1. The van der Waals surface area contributed by atoms with Crippen LogP contribution in [0.2, 0.25) is 5.02 Å². The maximum Gasteiger partial charge on any atom is 0.284 e. The summed E-state index contributed by atoms with van der Waals surface area (Å²) >= 11 is 5.99. The predicted octanol–water partition coefficient (Wildman–Crippen LogP) is 2.39. The summed E-state index contributed by atoms with van der Waals surface area (Å²) in [7, 11) is 0. The minimum atomic E-state index is -0.583. The van der Waals surface area contributed by atoms with Crippen LogP contribution in [0.5, 0.6) is 0 Å². The summed E-state index contributed by atoms with van der Waals surface area (Å²) in [4.78, 5) is 20.2. The van der Waals surface area contributed by atoms with Gasteiger partial charge in [0.2, 0.25) is 0 Å². The van der Waals surface area contributed by atoms with E-state index in [4.69, 9.17) is 17.3 Å². The molecule has 4 rings (SSSR count). The van der Waals surface area contributed by atoms with Gasteiger partial charge in [-0.25, -0.2) is 14.5 Å². The Labute approximate surface area is 147 Å². The maximum absolute atomic E-state index is 11.6. The normalized spacial score (nSPS) is 11.1. The molecule has 2 N–H and O–H groups in total. The highest BCUT2D eigenvalue weighted by Gasteiger charge is 2.18. The molecule has 0 aliphatic rings. The van der Waals surface area contributed by atoms with E-state index in [1.165, 1.54) is 0 Å². The van der Waals surface area contributed by atoms with Gasteiger partial charge < -0.3 is 10.3 Å². The van der Waals surface area contributed by atoms with Crippen molar-refractivity contribution in [1.82, 2.24) is 24.1 Å². The molecule has 3 aromatic heterocycles. The molecule has 0 bridgehead atoms. The highest BCUT2D eigenvalue weighted by atomic mass is 35.5. The number of primary amides is 1. The monoisotopic (exact) mass is 352 g/mol. The second kappa shape index (κ2) is 6.03. The zero-order valence-corrected chi connectivity index (χ0v) is 13.8. The Morgan fingerprint density at radius 3 is 2.72 bits per heavy atom. The Hall–Kier alpha value is -3.19. The van der Waals surface area contributed by atoms with Gasteiger partial charge in [0.1, 0.15) is 0 Å². The van der Waals surface area contributed by atoms with Crippen LogP contribution in [0, 0.1) is 0 Å². The first kappa shape index (κ1) is 15.3. The summed E-state index contributed by atoms with van der Waals surface area (Å²) in [5.41, 5.74) is 8.59. The van der Waals surface area contributed by atoms with Crippen molar-refractivity contribution in [3.05, 3.63) is 71.5 Å². The van der Waals surface area contributed by atoms with Crippen LogP contribution in [-0.2, 0) is 6.54 Å². The lowest BCUT2D eigenvalue weighted by Gasteiger charge is -2.08. The van der Waals surface area contributed by atoms with Crippen LogP contribution in [0.25, 0.3) is 16.9 Å². The van der Waals surface area contributed by atoms with Gasteiger partial charge in [-0.3, -0.25) is 4.79 Å². The molecule has 0 saturated heterocycles. The summed E-state index contributed by atoms with van der Waals surface area (Å²) in [6.45, 7) is 0.356.